The van der Waals surface area contributed by atoms with Crippen LogP contribution in [0.15, 0.2) is 42.1 Å². The smallest absolute Gasteiger partial charge is 0.233 e. The van der Waals surface area contributed by atoms with E-state index in [0.29, 0.717) is 43.8 Å². The van der Waals surface area contributed by atoms with Gasteiger partial charge in [0.1, 0.15) is 5.75 Å². The lowest BCUT2D eigenvalue weighted by atomic mass is 10.1. The van der Waals surface area contributed by atoms with Gasteiger partial charge in [0.05, 0.1) is 38.5 Å². The van der Waals surface area contributed by atoms with E-state index in [-0.39, 0.29) is 30.0 Å². The lowest BCUT2D eigenvalue weighted by Crippen LogP contribution is -2.41. The molecule has 1 fully saturated rings. The number of hydrogen-bond donors (Lipinski definition) is 1. The molecule has 1 aromatic heterocycles. The lowest BCUT2D eigenvalue weighted by molar-refractivity contribution is -0.132. The van der Waals surface area contributed by atoms with E-state index >= 15 is 0 Å². The van der Waals surface area contributed by atoms with Gasteiger partial charge in [-0.1, -0.05) is 30.0 Å². The van der Waals surface area contributed by atoms with Crippen molar-refractivity contribution in [2.75, 3.05) is 39.2 Å². The molecule has 0 spiro atoms. The molecular formula is C22H29N5O4S. The number of aromatic nitrogens is 3. The Morgan fingerprint density at radius 2 is 2.00 bits per heavy atom. The summed E-state index contributed by atoms with van der Waals surface area (Å²) in [5.74, 6) is 1.57. The molecule has 1 aliphatic rings. The Kier molecular flexibility index (Phi) is 8.69. The maximum absolute atomic E-state index is 12.5. The summed E-state index contributed by atoms with van der Waals surface area (Å²) in [5, 5.41) is 12.1. The highest BCUT2D eigenvalue weighted by Gasteiger charge is 2.22. The topological polar surface area (TPSA) is 98.6 Å². The first kappa shape index (κ1) is 23.8. The second-order valence-corrected chi connectivity index (χ2v) is 8.28. The van der Waals surface area contributed by atoms with Gasteiger partial charge in [0.15, 0.2) is 11.0 Å². The van der Waals surface area contributed by atoms with Gasteiger partial charge in [-0.25, -0.2) is 0 Å². The van der Waals surface area contributed by atoms with Crippen molar-refractivity contribution in [3.05, 3.63) is 48.3 Å². The molecule has 2 heterocycles. The highest BCUT2D eigenvalue weighted by molar-refractivity contribution is 7.99. The first-order chi connectivity index (χ1) is 15.5. The van der Waals surface area contributed by atoms with Crippen molar-refractivity contribution in [2.45, 2.75) is 31.1 Å². The molecule has 172 valence electrons. The molecule has 0 saturated carbocycles. The molecule has 1 aromatic carbocycles. The normalized spacial score (nSPS) is 14.6. The van der Waals surface area contributed by atoms with Gasteiger partial charge in [-0.05, 0) is 24.6 Å². The molecule has 1 atom stereocenters. The Morgan fingerprint density at radius 3 is 2.66 bits per heavy atom. The summed E-state index contributed by atoms with van der Waals surface area (Å²) in [6.07, 6.45) is 1.99. The summed E-state index contributed by atoms with van der Waals surface area (Å²) < 4.78 is 12.3. The second kappa shape index (κ2) is 11.7. The van der Waals surface area contributed by atoms with Crippen LogP contribution in [0.3, 0.4) is 0 Å². The molecule has 10 heteroatoms. The van der Waals surface area contributed by atoms with E-state index in [1.54, 1.807) is 18.1 Å². The van der Waals surface area contributed by atoms with Crippen molar-refractivity contribution in [3.8, 4) is 5.75 Å². The predicted molar refractivity (Wildman–Crippen MR) is 122 cm³/mol. The van der Waals surface area contributed by atoms with Crippen molar-refractivity contribution in [1.29, 1.82) is 0 Å². The van der Waals surface area contributed by atoms with Crippen molar-refractivity contribution in [2.24, 2.45) is 0 Å². The second-order valence-electron chi connectivity index (χ2n) is 7.34. The van der Waals surface area contributed by atoms with Crippen LogP contribution in [0.2, 0.25) is 0 Å². The number of carbonyl (C=O) groups excluding carboxylic acids is 2. The fourth-order valence-electron chi connectivity index (χ4n) is 3.34. The quantitative estimate of drug-likeness (QED) is 0.428. The number of nitrogens with one attached hydrogen (secondary N) is 1. The third kappa shape index (κ3) is 6.33. The van der Waals surface area contributed by atoms with Gasteiger partial charge in [0.25, 0.3) is 0 Å². The van der Waals surface area contributed by atoms with Crippen LogP contribution in [0.1, 0.15) is 24.4 Å². The van der Waals surface area contributed by atoms with Crippen molar-refractivity contribution in [3.63, 3.8) is 0 Å². The number of ether oxygens (including phenoxy) is 2. The monoisotopic (exact) mass is 459 g/mol. The number of benzene rings is 1. The Labute approximate surface area is 192 Å². The molecule has 32 heavy (non-hydrogen) atoms. The van der Waals surface area contributed by atoms with Gasteiger partial charge in [-0.2, -0.15) is 0 Å². The summed E-state index contributed by atoms with van der Waals surface area (Å²) >= 11 is 1.34. The number of thioether (sulfide) groups is 1. The van der Waals surface area contributed by atoms with Crippen LogP contribution in [-0.4, -0.2) is 70.6 Å². The van der Waals surface area contributed by atoms with E-state index in [1.807, 2.05) is 35.8 Å². The van der Waals surface area contributed by atoms with E-state index in [2.05, 4.69) is 22.1 Å². The highest BCUT2D eigenvalue weighted by atomic mass is 32.2. The van der Waals surface area contributed by atoms with E-state index in [9.17, 15) is 9.59 Å². The fourth-order valence-corrected chi connectivity index (χ4v) is 4.20. The molecule has 0 unspecified atom stereocenters. The van der Waals surface area contributed by atoms with Gasteiger partial charge < -0.3 is 24.3 Å². The molecule has 1 saturated heterocycles. The van der Waals surface area contributed by atoms with Crippen molar-refractivity contribution < 1.29 is 19.1 Å². The molecule has 3 rings (SSSR count). The first-order valence-electron chi connectivity index (χ1n) is 10.5. The van der Waals surface area contributed by atoms with Crippen LogP contribution in [0, 0.1) is 0 Å². The van der Waals surface area contributed by atoms with Crippen LogP contribution in [0.25, 0.3) is 0 Å². The Morgan fingerprint density at radius 1 is 1.28 bits per heavy atom. The number of morpholine rings is 1. The molecule has 0 radical (unpaired) electrons. The highest BCUT2D eigenvalue weighted by Crippen LogP contribution is 2.21. The number of methoxy groups -OCH3 is 1. The van der Waals surface area contributed by atoms with Crippen molar-refractivity contribution >= 4 is 23.6 Å². The van der Waals surface area contributed by atoms with Gasteiger partial charge >= 0.3 is 0 Å². The zero-order chi connectivity index (χ0) is 22.9. The number of allylic oxidation sites excluding steroid dienone is 1. The van der Waals surface area contributed by atoms with E-state index in [1.165, 1.54) is 11.8 Å². The molecule has 1 aliphatic heterocycles. The lowest BCUT2D eigenvalue weighted by Gasteiger charge is -2.26. The number of nitrogens with zero attached hydrogens (tertiary/aromatic N) is 4. The molecule has 0 aliphatic carbocycles. The zero-order valence-corrected chi connectivity index (χ0v) is 19.3. The van der Waals surface area contributed by atoms with Crippen LogP contribution in [0.4, 0.5) is 0 Å². The van der Waals surface area contributed by atoms with E-state index < -0.39 is 0 Å². The van der Waals surface area contributed by atoms with Crippen LogP contribution in [0.5, 0.6) is 5.75 Å². The Balaban J connectivity index is 1.60. The Bertz CT molecular complexity index is 925. The predicted octanol–water partition coefficient (Wildman–Crippen LogP) is 1.84. The number of carbonyl (C=O) groups is 2. The van der Waals surface area contributed by atoms with Crippen molar-refractivity contribution in [1.82, 2.24) is 25.0 Å². The molecule has 1 N–H and O–H groups in total. The molecule has 0 bridgehead atoms. The average Bonchev–Trinajstić information content (AvgIpc) is 3.21. The fraction of sp³-hybridized carbons (Fsp3) is 0.455. The SMILES string of the molecule is C=CCn1c(SCC(=O)N2CCOCC2)nnc1[C@@H](C)NC(=O)Cc1ccc(OC)cc1. The maximum Gasteiger partial charge on any atom is 0.233 e. The van der Waals surface area contributed by atoms with Gasteiger partial charge in [-0.3, -0.25) is 9.59 Å². The van der Waals surface area contributed by atoms with E-state index in [4.69, 9.17) is 9.47 Å². The molecular weight excluding hydrogens is 430 g/mol. The third-order valence-electron chi connectivity index (χ3n) is 5.03. The molecule has 2 aromatic rings. The van der Waals surface area contributed by atoms with E-state index in [0.717, 1.165) is 11.3 Å². The molecule has 9 nitrogen and oxygen atoms in total. The summed E-state index contributed by atoms with van der Waals surface area (Å²) in [4.78, 5) is 26.8. The number of rotatable bonds is 10. The molecule has 2 amide bonds. The minimum Gasteiger partial charge on any atom is -0.497 e. The zero-order valence-electron chi connectivity index (χ0n) is 18.5. The summed E-state index contributed by atoms with van der Waals surface area (Å²) in [6.45, 7) is 8.52. The minimum atomic E-state index is -0.350. The summed E-state index contributed by atoms with van der Waals surface area (Å²) in [7, 11) is 1.61. The summed E-state index contributed by atoms with van der Waals surface area (Å²) in [6, 6.07) is 7.04. The first-order valence-corrected chi connectivity index (χ1v) is 11.4. The maximum atomic E-state index is 12.5. The van der Waals surface area contributed by atoms with Crippen LogP contribution >= 0.6 is 11.8 Å². The van der Waals surface area contributed by atoms with Crippen LogP contribution in [-0.2, 0) is 27.3 Å². The third-order valence-corrected chi connectivity index (χ3v) is 5.99. The van der Waals surface area contributed by atoms with Gasteiger partial charge in [0.2, 0.25) is 11.8 Å². The number of hydrogen-bond acceptors (Lipinski definition) is 7. The van der Waals surface area contributed by atoms with Gasteiger partial charge in [0, 0.05) is 19.6 Å². The number of amides is 2. The summed E-state index contributed by atoms with van der Waals surface area (Å²) in [5.41, 5.74) is 0.890. The van der Waals surface area contributed by atoms with Crippen LogP contribution < -0.4 is 10.1 Å². The largest absolute Gasteiger partial charge is 0.497 e. The Hall–Kier alpha value is -2.85. The minimum absolute atomic E-state index is 0.0499. The standard InChI is InChI=1S/C22H29N5O4S/c1-4-9-27-21(16(2)23-19(28)14-17-5-7-18(30-3)8-6-17)24-25-22(27)32-15-20(29)26-10-12-31-13-11-26/h4-8,16H,1,9-15H2,2-3H3,(H,23,28)/t16-/m1/s1. The van der Waals surface area contributed by atoms with Gasteiger partial charge in [-0.15, -0.1) is 16.8 Å². The average molecular weight is 460 g/mol.